The zero-order chi connectivity index (χ0) is 8.39. The largest absolute Gasteiger partial charge is 0.256 e. The van der Waals surface area contributed by atoms with Gasteiger partial charge in [0.15, 0.2) is 0 Å². The summed E-state index contributed by atoms with van der Waals surface area (Å²) in [4.78, 5) is 4.12. The molecule has 0 saturated carbocycles. The molecule has 2 nitrogen and oxygen atoms in total. The summed E-state index contributed by atoms with van der Waals surface area (Å²) in [6.07, 6.45) is 1.72. The van der Waals surface area contributed by atoms with Gasteiger partial charge < -0.3 is 0 Å². The molecule has 0 spiro atoms. The Hall–Kier alpha value is -1.88. The topological polar surface area (TPSA) is 36.7 Å². The summed E-state index contributed by atoms with van der Waals surface area (Å²) in [7, 11) is 0. The Balaban J connectivity index is 2.78. The number of rotatable bonds is 0. The fourth-order valence-electron chi connectivity index (χ4n) is 1.08. The van der Waals surface area contributed by atoms with E-state index in [0.717, 1.165) is 10.9 Å². The number of benzene rings is 1. The average Bonchev–Trinajstić information content (AvgIpc) is 2.17. The van der Waals surface area contributed by atoms with Crippen molar-refractivity contribution in [1.82, 2.24) is 4.98 Å². The van der Waals surface area contributed by atoms with Crippen LogP contribution in [0.5, 0.6) is 0 Å². The van der Waals surface area contributed by atoms with E-state index < -0.39 is 0 Å². The third-order valence-electron chi connectivity index (χ3n) is 1.66. The van der Waals surface area contributed by atoms with E-state index in [1.807, 2.05) is 18.2 Å². The van der Waals surface area contributed by atoms with Gasteiger partial charge in [-0.2, -0.15) is 5.26 Å². The number of nitriles is 1. The van der Waals surface area contributed by atoms with Crippen molar-refractivity contribution < 1.29 is 0 Å². The molecule has 55 valence electrons. The molecule has 1 radical (unpaired) electrons. The highest BCUT2D eigenvalue weighted by molar-refractivity contribution is 5.79. The van der Waals surface area contributed by atoms with Crippen LogP contribution in [-0.2, 0) is 0 Å². The summed E-state index contributed by atoms with van der Waals surface area (Å²) in [5, 5.41) is 9.57. The minimum Gasteiger partial charge on any atom is -0.256 e. The van der Waals surface area contributed by atoms with Crippen LogP contribution < -0.4 is 0 Å². The molecule has 1 aromatic carbocycles. The van der Waals surface area contributed by atoms with Crippen molar-refractivity contribution in [2.24, 2.45) is 0 Å². The molecule has 0 aliphatic rings. The first kappa shape index (κ1) is 6.81. The Morgan fingerprint density at radius 3 is 3.25 bits per heavy atom. The number of aromatic nitrogens is 1. The van der Waals surface area contributed by atoms with Crippen LogP contribution in [0.25, 0.3) is 10.9 Å². The van der Waals surface area contributed by atoms with Crippen LogP contribution in [-0.4, -0.2) is 4.98 Å². The molecule has 12 heavy (non-hydrogen) atoms. The molecule has 0 bridgehead atoms. The highest BCUT2D eigenvalue weighted by Crippen LogP contribution is 2.11. The van der Waals surface area contributed by atoms with E-state index in [-0.39, 0.29) is 0 Å². The lowest BCUT2D eigenvalue weighted by Crippen LogP contribution is -1.79. The van der Waals surface area contributed by atoms with E-state index in [9.17, 15) is 0 Å². The van der Waals surface area contributed by atoms with Gasteiger partial charge in [-0.1, -0.05) is 6.07 Å². The van der Waals surface area contributed by atoms with Gasteiger partial charge in [-0.3, -0.25) is 4.98 Å². The molecule has 1 heterocycles. The second-order valence-electron chi connectivity index (χ2n) is 2.44. The molecule has 0 aliphatic heterocycles. The van der Waals surface area contributed by atoms with Gasteiger partial charge in [0, 0.05) is 17.6 Å². The number of pyridine rings is 1. The van der Waals surface area contributed by atoms with Crippen LogP contribution in [0.1, 0.15) is 5.56 Å². The molecule has 0 atom stereocenters. The number of hydrogen-bond acceptors (Lipinski definition) is 2. The van der Waals surface area contributed by atoms with E-state index in [1.165, 1.54) is 0 Å². The maximum absolute atomic E-state index is 8.60. The van der Waals surface area contributed by atoms with Crippen molar-refractivity contribution in [2.75, 3.05) is 0 Å². The van der Waals surface area contributed by atoms with Crippen LogP contribution in [0.2, 0.25) is 0 Å². The summed E-state index contributed by atoms with van der Waals surface area (Å²) < 4.78 is 0. The second kappa shape index (κ2) is 2.63. The molecule has 0 aliphatic carbocycles. The van der Waals surface area contributed by atoms with Gasteiger partial charge in [-0.15, -0.1) is 0 Å². The van der Waals surface area contributed by atoms with Crippen molar-refractivity contribution in [3.05, 3.63) is 42.1 Å². The quantitative estimate of drug-likeness (QED) is 0.579. The standard InChI is InChI=1S/C10H5N2/c11-7-8-3-4-10-9(6-8)2-1-5-12-10/h1-2,4-6H. The van der Waals surface area contributed by atoms with Crippen molar-refractivity contribution in [1.29, 1.82) is 5.26 Å². The van der Waals surface area contributed by atoms with Gasteiger partial charge in [0.2, 0.25) is 0 Å². The van der Waals surface area contributed by atoms with Gasteiger partial charge in [0.05, 0.1) is 17.1 Å². The summed E-state index contributed by atoms with van der Waals surface area (Å²) >= 11 is 0. The first-order valence-corrected chi connectivity index (χ1v) is 3.57. The first-order chi connectivity index (χ1) is 5.90. The van der Waals surface area contributed by atoms with Crippen molar-refractivity contribution in [3.63, 3.8) is 0 Å². The monoisotopic (exact) mass is 153 g/mol. The molecule has 0 fully saturated rings. The van der Waals surface area contributed by atoms with Gasteiger partial charge in [-0.05, 0) is 18.2 Å². The molecule has 0 unspecified atom stereocenters. The van der Waals surface area contributed by atoms with E-state index in [1.54, 1.807) is 18.3 Å². The fraction of sp³-hybridized carbons (Fsp3) is 0. The second-order valence-corrected chi connectivity index (χ2v) is 2.44. The molecule has 1 aromatic heterocycles. The van der Waals surface area contributed by atoms with E-state index >= 15 is 0 Å². The van der Waals surface area contributed by atoms with Crippen molar-refractivity contribution in [2.45, 2.75) is 0 Å². The minimum absolute atomic E-state index is 0.551. The van der Waals surface area contributed by atoms with Crippen molar-refractivity contribution in [3.8, 4) is 6.07 Å². The number of hydrogen-bond donors (Lipinski definition) is 0. The van der Waals surface area contributed by atoms with E-state index in [4.69, 9.17) is 5.26 Å². The van der Waals surface area contributed by atoms with Gasteiger partial charge in [0.25, 0.3) is 0 Å². The molecule has 2 aromatic rings. The van der Waals surface area contributed by atoms with Crippen molar-refractivity contribution >= 4 is 10.9 Å². The van der Waals surface area contributed by atoms with E-state index in [2.05, 4.69) is 11.1 Å². The lowest BCUT2D eigenvalue weighted by atomic mass is 10.1. The van der Waals surface area contributed by atoms with Gasteiger partial charge in [-0.25, -0.2) is 0 Å². The molecule has 2 rings (SSSR count). The number of nitrogens with zero attached hydrogens (tertiary/aromatic N) is 2. The van der Waals surface area contributed by atoms with Crippen LogP contribution in [0.3, 0.4) is 0 Å². The fourth-order valence-corrected chi connectivity index (χ4v) is 1.08. The lowest BCUT2D eigenvalue weighted by Gasteiger charge is -1.94. The van der Waals surface area contributed by atoms with Gasteiger partial charge in [0.1, 0.15) is 0 Å². The molecule has 0 N–H and O–H groups in total. The third kappa shape index (κ3) is 1.02. The first-order valence-electron chi connectivity index (χ1n) is 3.57. The Labute approximate surface area is 70.1 Å². The van der Waals surface area contributed by atoms with Crippen LogP contribution in [0, 0.1) is 17.4 Å². The maximum atomic E-state index is 8.60. The summed E-state index contributed by atoms with van der Waals surface area (Å²) in [6.45, 7) is 0. The van der Waals surface area contributed by atoms with Crippen LogP contribution >= 0.6 is 0 Å². The third-order valence-corrected chi connectivity index (χ3v) is 1.66. The van der Waals surface area contributed by atoms with Crippen LogP contribution in [0.4, 0.5) is 0 Å². The molecule has 0 saturated heterocycles. The zero-order valence-corrected chi connectivity index (χ0v) is 6.28. The highest BCUT2D eigenvalue weighted by Gasteiger charge is 1.94. The summed E-state index contributed by atoms with van der Waals surface area (Å²) in [6, 6.07) is 12.2. The Morgan fingerprint density at radius 2 is 2.42 bits per heavy atom. The lowest BCUT2D eigenvalue weighted by molar-refractivity contribution is 1.40. The molecular weight excluding hydrogens is 148 g/mol. The molecule has 2 heteroatoms. The Bertz CT molecular complexity index is 455. The predicted octanol–water partition coefficient (Wildman–Crippen LogP) is 1.91. The highest BCUT2D eigenvalue weighted by atomic mass is 14.6. The predicted molar refractivity (Wildman–Crippen MR) is 45.3 cm³/mol. The Kier molecular flexibility index (Phi) is 1.49. The van der Waals surface area contributed by atoms with Gasteiger partial charge >= 0.3 is 0 Å². The minimum atomic E-state index is 0.551. The SMILES string of the molecule is N#Cc1[c]cc2ncccc2c1. The zero-order valence-electron chi connectivity index (χ0n) is 6.28. The molecule has 0 amide bonds. The summed E-state index contributed by atoms with van der Waals surface area (Å²) in [5.74, 6) is 0. The normalized spacial score (nSPS) is 9.58. The van der Waals surface area contributed by atoms with Crippen LogP contribution in [0.15, 0.2) is 30.5 Å². The van der Waals surface area contributed by atoms with E-state index in [0.29, 0.717) is 5.56 Å². The summed E-state index contributed by atoms with van der Waals surface area (Å²) in [5.41, 5.74) is 1.42. The maximum Gasteiger partial charge on any atom is 0.0998 e. The average molecular weight is 153 g/mol. The Morgan fingerprint density at radius 1 is 1.50 bits per heavy atom. The number of fused-ring (bicyclic) bond motifs is 1. The smallest absolute Gasteiger partial charge is 0.0998 e. The molecular formula is C10H5N2.